The molecule has 4 unspecified atom stereocenters. The van der Waals surface area contributed by atoms with E-state index in [4.69, 9.17) is 10.8 Å². The molecule has 0 fully saturated rings. The van der Waals surface area contributed by atoms with Gasteiger partial charge in [-0.3, -0.25) is 24.0 Å². The summed E-state index contributed by atoms with van der Waals surface area (Å²) >= 11 is 0. The third-order valence-electron chi connectivity index (χ3n) is 5.25. The molecule has 1 aromatic carbocycles. The highest BCUT2D eigenvalue weighted by Gasteiger charge is 2.32. The first-order chi connectivity index (χ1) is 17.3. The Morgan fingerprint density at radius 1 is 0.784 bits per heavy atom. The summed E-state index contributed by atoms with van der Waals surface area (Å²) in [6.07, 6.45) is -1.59. The molecule has 13 nitrogen and oxygen atoms in total. The van der Waals surface area contributed by atoms with Crippen molar-refractivity contribution in [3.63, 3.8) is 0 Å². The third-order valence-corrected chi connectivity index (χ3v) is 5.25. The number of nitrogens with two attached hydrogens (primary N) is 1. The van der Waals surface area contributed by atoms with Crippen LogP contribution in [-0.4, -0.2) is 75.1 Å². The Balaban J connectivity index is 3.00. The summed E-state index contributed by atoms with van der Waals surface area (Å²) in [7, 11) is 0. The van der Waals surface area contributed by atoms with Crippen molar-refractivity contribution in [1.29, 1.82) is 0 Å². The van der Waals surface area contributed by atoms with Gasteiger partial charge in [-0.2, -0.15) is 0 Å². The number of carboxylic acids is 3. The van der Waals surface area contributed by atoms with Crippen LogP contribution in [0.5, 0.6) is 0 Å². The van der Waals surface area contributed by atoms with E-state index >= 15 is 0 Å². The molecule has 204 valence electrons. The molecule has 0 spiro atoms. The Hall–Kier alpha value is -4.00. The molecule has 37 heavy (non-hydrogen) atoms. The number of benzene rings is 1. The zero-order valence-corrected chi connectivity index (χ0v) is 20.7. The smallest absolute Gasteiger partial charge is 0.326 e. The summed E-state index contributed by atoms with van der Waals surface area (Å²) in [5.41, 5.74) is 6.65. The average Bonchev–Trinajstić information content (AvgIpc) is 2.80. The topological polar surface area (TPSA) is 225 Å². The van der Waals surface area contributed by atoms with Crippen LogP contribution >= 0.6 is 0 Å². The van der Waals surface area contributed by atoms with Crippen LogP contribution in [0.25, 0.3) is 0 Å². The number of hydrogen-bond donors (Lipinski definition) is 7. The lowest BCUT2D eigenvalue weighted by atomic mass is 10.0. The Labute approximate surface area is 213 Å². The van der Waals surface area contributed by atoms with Crippen molar-refractivity contribution in [2.24, 2.45) is 11.7 Å². The van der Waals surface area contributed by atoms with E-state index in [0.717, 1.165) is 5.56 Å². The highest BCUT2D eigenvalue weighted by atomic mass is 16.4. The molecule has 0 aliphatic rings. The second-order valence-electron chi connectivity index (χ2n) is 8.98. The molecule has 1 aromatic rings. The fourth-order valence-electron chi connectivity index (χ4n) is 3.40. The second kappa shape index (κ2) is 15.2. The Morgan fingerprint density at radius 3 is 1.84 bits per heavy atom. The lowest BCUT2D eigenvalue weighted by Crippen LogP contribution is -2.57. The maximum Gasteiger partial charge on any atom is 0.326 e. The van der Waals surface area contributed by atoms with Gasteiger partial charge in [-0.25, -0.2) is 4.79 Å². The fourth-order valence-corrected chi connectivity index (χ4v) is 3.40. The van der Waals surface area contributed by atoms with E-state index in [1.165, 1.54) is 0 Å². The molecule has 13 heteroatoms. The number of carbonyl (C=O) groups is 6. The van der Waals surface area contributed by atoms with Crippen LogP contribution in [0.1, 0.15) is 45.1 Å². The van der Waals surface area contributed by atoms with Crippen LogP contribution in [-0.2, 0) is 35.2 Å². The maximum absolute atomic E-state index is 12.9. The first-order valence-electron chi connectivity index (χ1n) is 11.7. The Bertz CT molecular complexity index is 968. The quantitative estimate of drug-likeness (QED) is 0.147. The summed E-state index contributed by atoms with van der Waals surface area (Å²) < 4.78 is 0. The van der Waals surface area contributed by atoms with Crippen molar-refractivity contribution in [3.8, 4) is 0 Å². The van der Waals surface area contributed by atoms with E-state index in [9.17, 15) is 39.0 Å². The average molecular weight is 523 g/mol. The maximum atomic E-state index is 12.9. The molecule has 0 saturated heterocycles. The van der Waals surface area contributed by atoms with Gasteiger partial charge in [-0.15, -0.1) is 0 Å². The van der Waals surface area contributed by atoms with Gasteiger partial charge in [0.15, 0.2) is 0 Å². The standard InChI is InChI=1S/C24H34N4O9/c1-13(2)10-18(24(36)37)28-22(34)16(8-9-19(29)30)26-23(35)17(12-20(31)32)27-21(33)15(25)11-14-6-4-3-5-7-14/h3-7,13,15-18H,8-12,25H2,1-2H3,(H,26,35)(H,27,33)(H,28,34)(H,29,30)(H,31,32)(H,36,37). The third kappa shape index (κ3) is 12.0. The summed E-state index contributed by atoms with van der Waals surface area (Å²) in [6, 6.07) is 3.24. The largest absolute Gasteiger partial charge is 0.481 e. The second-order valence-corrected chi connectivity index (χ2v) is 8.98. The van der Waals surface area contributed by atoms with Crippen LogP contribution in [0.15, 0.2) is 30.3 Å². The van der Waals surface area contributed by atoms with Gasteiger partial charge in [0.2, 0.25) is 17.7 Å². The predicted octanol–water partition coefficient (Wildman–Crippen LogP) is -0.519. The molecule has 1 rings (SSSR count). The zero-order chi connectivity index (χ0) is 28.1. The van der Waals surface area contributed by atoms with Crippen LogP contribution < -0.4 is 21.7 Å². The molecule has 4 atom stereocenters. The number of carboxylic acid groups (broad SMARTS) is 3. The van der Waals surface area contributed by atoms with Crippen LogP contribution in [0.4, 0.5) is 0 Å². The van der Waals surface area contributed by atoms with Crippen molar-refractivity contribution >= 4 is 35.6 Å². The van der Waals surface area contributed by atoms with E-state index in [1.54, 1.807) is 44.2 Å². The Morgan fingerprint density at radius 2 is 1.32 bits per heavy atom. The van der Waals surface area contributed by atoms with Crippen molar-refractivity contribution in [1.82, 2.24) is 16.0 Å². The van der Waals surface area contributed by atoms with E-state index in [-0.39, 0.29) is 18.8 Å². The minimum atomic E-state index is -1.63. The fraction of sp³-hybridized carbons (Fsp3) is 0.500. The molecule has 0 aliphatic carbocycles. The van der Waals surface area contributed by atoms with Crippen LogP contribution in [0.3, 0.4) is 0 Å². The van der Waals surface area contributed by atoms with Gasteiger partial charge in [0.1, 0.15) is 18.1 Å². The van der Waals surface area contributed by atoms with Gasteiger partial charge in [0, 0.05) is 6.42 Å². The van der Waals surface area contributed by atoms with Crippen molar-refractivity contribution in [2.45, 2.75) is 70.1 Å². The SMILES string of the molecule is CC(C)CC(NC(=O)C(CCC(=O)O)NC(=O)C(CC(=O)O)NC(=O)C(N)Cc1ccccc1)C(=O)O. The minimum Gasteiger partial charge on any atom is -0.481 e. The highest BCUT2D eigenvalue weighted by molar-refractivity contribution is 5.95. The van der Waals surface area contributed by atoms with Gasteiger partial charge in [-0.1, -0.05) is 44.2 Å². The van der Waals surface area contributed by atoms with Crippen LogP contribution in [0, 0.1) is 5.92 Å². The number of nitrogens with one attached hydrogen (secondary N) is 3. The summed E-state index contributed by atoms with van der Waals surface area (Å²) in [5.74, 6) is -6.93. The number of amides is 3. The molecule has 8 N–H and O–H groups in total. The first-order valence-corrected chi connectivity index (χ1v) is 11.7. The van der Waals surface area contributed by atoms with E-state index in [0.29, 0.717) is 0 Å². The minimum absolute atomic E-state index is 0.0810. The molecule has 0 aromatic heterocycles. The van der Waals surface area contributed by atoms with Crippen molar-refractivity contribution in [2.75, 3.05) is 0 Å². The summed E-state index contributed by atoms with van der Waals surface area (Å²) in [5, 5.41) is 34.4. The molecule has 0 aliphatic heterocycles. The number of carbonyl (C=O) groups excluding carboxylic acids is 3. The van der Waals surface area contributed by atoms with Gasteiger partial charge < -0.3 is 37.0 Å². The number of hydrogen-bond acceptors (Lipinski definition) is 7. The molecule has 0 heterocycles. The van der Waals surface area contributed by atoms with Gasteiger partial charge in [-0.05, 0) is 30.7 Å². The molecular formula is C24H34N4O9. The van der Waals surface area contributed by atoms with Gasteiger partial charge >= 0.3 is 17.9 Å². The zero-order valence-electron chi connectivity index (χ0n) is 20.7. The Kier molecular flexibility index (Phi) is 12.7. The van der Waals surface area contributed by atoms with Gasteiger partial charge in [0.25, 0.3) is 0 Å². The molecule has 0 saturated carbocycles. The molecule has 3 amide bonds. The first kappa shape index (κ1) is 31.0. The number of rotatable bonds is 16. The van der Waals surface area contributed by atoms with Crippen molar-refractivity contribution < 1.29 is 44.1 Å². The monoisotopic (exact) mass is 522 g/mol. The molecular weight excluding hydrogens is 488 g/mol. The van der Waals surface area contributed by atoms with E-state index in [2.05, 4.69) is 16.0 Å². The van der Waals surface area contributed by atoms with E-state index < -0.39 is 79.1 Å². The normalized spacial score (nSPS) is 14.1. The molecule has 0 bridgehead atoms. The summed E-state index contributed by atoms with van der Waals surface area (Å²) in [4.78, 5) is 72.1. The number of aliphatic carboxylic acids is 3. The van der Waals surface area contributed by atoms with E-state index in [1.807, 2.05) is 0 Å². The highest BCUT2D eigenvalue weighted by Crippen LogP contribution is 2.08. The lowest BCUT2D eigenvalue weighted by Gasteiger charge is -2.25. The van der Waals surface area contributed by atoms with Gasteiger partial charge in [0.05, 0.1) is 12.5 Å². The molecule has 0 radical (unpaired) electrons. The summed E-state index contributed by atoms with van der Waals surface area (Å²) in [6.45, 7) is 3.49. The van der Waals surface area contributed by atoms with Crippen molar-refractivity contribution in [3.05, 3.63) is 35.9 Å². The predicted molar refractivity (Wildman–Crippen MR) is 130 cm³/mol. The lowest BCUT2D eigenvalue weighted by molar-refractivity contribution is -0.144. The van der Waals surface area contributed by atoms with Crippen LogP contribution in [0.2, 0.25) is 0 Å².